The summed E-state index contributed by atoms with van der Waals surface area (Å²) >= 11 is 0. The van der Waals surface area contributed by atoms with Crippen molar-refractivity contribution in [3.8, 4) is 11.5 Å². The van der Waals surface area contributed by atoms with Crippen molar-refractivity contribution in [2.75, 3.05) is 38.2 Å². The molecule has 0 unspecified atom stereocenters. The number of nitrogens with zero attached hydrogens (tertiary/aromatic N) is 4. The van der Waals surface area contributed by atoms with Crippen molar-refractivity contribution in [3.63, 3.8) is 0 Å². The minimum Gasteiger partial charge on any atom is -0.618 e. The summed E-state index contributed by atoms with van der Waals surface area (Å²) in [6.45, 7) is 2.66. The van der Waals surface area contributed by atoms with Crippen LogP contribution in [0.4, 0.5) is 14.9 Å². The third-order valence-electron chi connectivity index (χ3n) is 9.96. The molecule has 2 amide bonds. The summed E-state index contributed by atoms with van der Waals surface area (Å²) in [6, 6.07) is 14.4. The molecule has 0 saturated carbocycles. The van der Waals surface area contributed by atoms with E-state index < -0.39 is 5.82 Å². The largest absolute Gasteiger partial charge is 0.618 e. The summed E-state index contributed by atoms with van der Waals surface area (Å²) in [4.78, 5) is 32.0. The normalized spacial score (nSPS) is 20.9. The minimum atomic E-state index is -0.602. The summed E-state index contributed by atoms with van der Waals surface area (Å²) in [5.74, 6) is -0.583. The van der Waals surface area contributed by atoms with Gasteiger partial charge in [0, 0.05) is 67.9 Å². The van der Waals surface area contributed by atoms with Crippen LogP contribution in [0.2, 0.25) is 0 Å². The fourth-order valence-corrected chi connectivity index (χ4v) is 7.56. The van der Waals surface area contributed by atoms with Crippen LogP contribution in [-0.4, -0.2) is 67.2 Å². The van der Waals surface area contributed by atoms with Crippen molar-refractivity contribution >= 4 is 17.7 Å². The average Bonchev–Trinajstić information content (AvgIpc) is 3.09. The third kappa shape index (κ3) is 5.72. The maximum Gasteiger partial charge on any atom is 0.414 e. The zero-order chi connectivity index (χ0) is 31.8. The van der Waals surface area contributed by atoms with E-state index in [1.54, 1.807) is 16.0 Å². The quantitative estimate of drug-likeness (QED) is 0.275. The maximum absolute atomic E-state index is 15.5. The van der Waals surface area contributed by atoms with Gasteiger partial charge in [-0.1, -0.05) is 18.2 Å². The number of piperidine rings is 2. The van der Waals surface area contributed by atoms with E-state index in [0.717, 1.165) is 72.4 Å². The van der Waals surface area contributed by atoms with Crippen molar-refractivity contribution in [1.29, 1.82) is 0 Å². The van der Waals surface area contributed by atoms with Gasteiger partial charge in [-0.05, 0) is 56.7 Å². The molecule has 0 radical (unpaired) electrons. The van der Waals surface area contributed by atoms with Crippen LogP contribution in [0.5, 0.6) is 11.5 Å². The molecule has 2 saturated heterocycles. The first-order valence-corrected chi connectivity index (χ1v) is 16.2. The van der Waals surface area contributed by atoms with E-state index in [1.165, 1.54) is 19.2 Å². The molecule has 7 rings (SSSR count). The second-order valence-corrected chi connectivity index (χ2v) is 12.6. The number of pyridine rings is 1. The molecule has 2 fully saturated rings. The number of halogens is 1. The number of ether oxygens (including phenoxy) is 3. The fraction of sp³-hybridized carbons (Fsp3) is 0.457. The lowest BCUT2D eigenvalue weighted by atomic mass is 9.89. The number of carbonyl (C=O) groups excluding carboxylic acids is 2. The Morgan fingerprint density at radius 1 is 1.00 bits per heavy atom. The van der Waals surface area contributed by atoms with E-state index in [9.17, 15) is 14.8 Å². The molecule has 4 heterocycles. The molecule has 3 aliphatic heterocycles. The van der Waals surface area contributed by atoms with E-state index in [2.05, 4.69) is 11.0 Å². The van der Waals surface area contributed by atoms with E-state index in [-0.39, 0.29) is 53.9 Å². The van der Waals surface area contributed by atoms with Crippen LogP contribution < -0.4 is 19.1 Å². The molecule has 1 aliphatic carbocycles. The van der Waals surface area contributed by atoms with Gasteiger partial charge in [0.25, 0.3) is 5.91 Å². The fourth-order valence-electron chi connectivity index (χ4n) is 7.56. The molecule has 1 atom stereocenters. The molecule has 0 spiro atoms. The standard InChI is InChI=1S/C35H39FN4O6/c1-44-32-21-33(46-25-13-18-37(19-14-25)30-9-4-10-31-26(30)7-5-15-39(31)43)28(36)20-27(32)34(41)38-16-11-24(12-17-38)40-29-8-3-2-6-23(29)22-45-35(40)42/h2-3,5-8,15,20-21,24-25,30H,4,9-14,16-19,22H2,1H3/t30-/m0/s1. The number of aromatic nitrogens is 1. The van der Waals surface area contributed by atoms with Crippen LogP contribution in [-0.2, 0) is 17.8 Å². The number of amides is 2. The van der Waals surface area contributed by atoms with Crippen molar-refractivity contribution in [2.24, 2.45) is 0 Å². The molecular formula is C35H39FN4O6. The van der Waals surface area contributed by atoms with Gasteiger partial charge in [0.15, 0.2) is 23.5 Å². The van der Waals surface area contributed by atoms with Crippen LogP contribution in [0.3, 0.4) is 0 Å². The van der Waals surface area contributed by atoms with E-state index in [1.807, 2.05) is 30.3 Å². The number of cyclic esters (lactones) is 1. The second kappa shape index (κ2) is 12.8. The monoisotopic (exact) mass is 630 g/mol. The average molecular weight is 631 g/mol. The summed E-state index contributed by atoms with van der Waals surface area (Å²) < 4.78 is 33.5. The highest BCUT2D eigenvalue weighted by Gasteiger charge is 2.36. The van der Waals surface area contributed by atoms with Gasteiger partial charge in [0.2, 0.25) is 0 Å². The lowest BCUT2D eigenvalue weighted by molar-refractivity contribution is -0.615. The van der Waals surface area contributed by atoms with Crippen LogP contribution in [0.25, 0.3) is 0 Å². The van der Waals surface area contributed by atoms with E-state index in [4.69, 9.17) is 14.2 Å². The maximum atomic E-state index is 15.5. The van der Waals surface area contributed by atoms with E-state index >= 15 is 4.39 Å². The Balaban J connectivity index is 0.978. The molecular weight excluding hydrogens is 591 g/mol. The van der Waals surface area contributed by atoms with Crippen molar-refractivity contribution in [3.05, 3.63) is 88.1 Å². The predicted molar refractivity (Wildman–Crippen MR) is 167 cm³/mol. The Morgan fingerprint density at radius 3 is 2.57 bits per heavy atom. The van der Waals surface area contributed by atoms with Crippen LogP contribution in [0.15, 0.2) is 54.7 Å². The summed E-state index contributed by atoms with van der Waals surface area (Å²) in [5, 5.41) is 12.3. The molecule has 1 aromatic heterocycles. The van der Waals surface area contributed by atoms with Crippen molar-refractivity contribution in [1.82, 2.24) is 9.80 Å². The SMILES string of the molecule is COc1cc(OC2CCN([C@H]3CCCc4c3ccc[n+]4[O-])CC2)c(F)cc1C(=O)N1CCC(N2C(=O)OCc3ccccc32)CC1. The first-order chi connectivity index (χ1) is 22.4. The topological polar surface area (TPSA) is 98.5 Å². The van der Waals surface area contributed by atoms with Gasteiger partial charge in [0.05, 0.1) is 18.4 Å². The van der Waals surface area contributed by atoms with E-state index in [0.29, 0.717) is 25.9 Å². The zero-order valence-electron chi connectivity index (χ0n) is 26.0. The molecule has 2 aromatic carbocycles. The highest BCUT2D eigenvalue weighted by molar-refractivity contribution is 5.97. The van der Waals surface area contributed by atoms with Gasteiger partial charge >= 0.3 is 6.09 Å². The number of methoxy groups -OCH3 is 1. The number of hydrogen-bond donors (Lipinski definition) is 0. The Bertz CT molecular complexity index is 1620. The molecule has 242 valence electrons. The van der Waals surface area contributed by atoms with Gasteiger partial charge in [-0.25, -0.2) is 9.18 Å². The molecule has 0 bridgehead atoms. The minimum absolute atomic E-state index is 0.0724. The number of anilines is 1. The number of carbonyl (C=O) groups is 2. The highest BCUT2D eigenvalue weighted by atomic mass is 19.1. The number of benzene rings is 2. The van der Waals surface area contributed by atoms with Crippen molar-refractivity contribution in [2.45, 2.75) is 69.7 Å². The van der Waals surface area contributed by atoms with Gasteiger partial charge in [-0.2, -0.15) is 4.73 Å². The molecule has 3 aromatic rings. The van der Waals surface area contributed by atoms with Gasteiger partial charge in [-0.15, -0.1) is 0 Å². The van der Waals surface area contributed by atoms with Gasteiger partial charge in [0.1, 0.15) is 18.5 Å². The molecule has 4 aliphatic rings. The third-order valence-corrected chi connectivity index (χ3v) is 9.96. The number of fused-ring (bicyclic) bond motifs is 2. The van der Waals surface area contributed by atoms with Crippen LogP contribution >= 0.6 is 0 Å². The van der Waals surface area contributed by atoms with Gasteiger partial charge < -0.3 is 24.3 Å². The van der Waals surface area contributed by atoms with Crippen molar-refractivity contribution < 1.29 is 32.9 Å². The van der Waals surface area contributed by atoms with Gasteiger partial charge in [-0.3, -0.25) is 14.6 Å². The van der Waals surface area contributed by atoms with Crippen LogP contribution in [0, 0.1) is 11.0 Å². The van der Waals surface area contributed by atoms with Crippen LogP contribution in [0.1, 0.15) is 71.7 Å². The summed E-state index contributed by atoms with van der Waals surface area (Å²) in [5.41, 5.74) is 3.94. The molecule has 10 nitrogen and oxygen atoms in total. The number of para-hydroxylation sites is 1. The first-order valence-electron chi connectivity index (χ1n) is 16.2. The summed E-state index contributed by atoms with van der Waals surface area (Å²) in [6.07, 6.45) is 6.42. The Morgan fingerprint density at radius 2 is 1.78 bits per heavy atom. The summed E-state index contributed by atoms with van der Waals surface area (Å²) in [7, 11) is 1.46. The second-order valence-electron chi connectivity index (χ2n) is 12.6. The molecule has 0 N–H and O–H groups in total. The highest BCUT2D eigenvalue weighted by Crippen LogP contribution is 2.37. The Hall–Kier alpha value is -4.38. The lowest BCUT2D eigenvalue weighted by Crippen LogP contribution is -2.50. The number of hydrogen-bond acceptors (Lipinski definition) is 7. The molecule has 11 heteroatoms. The zero-order valence-corrected chi connectivity index (χ0v) is 26.0. The lowest BCUT2D eigenvalue weighted by Gasteiger charge is -2.40. The number of likely N-dealkylation sites (tertiary alicyclic amines) is 2. The first kappa shape index (κ1) is 30.3. The smallest absolute Gasteiger partial charge is 0.414 e. The Kier molecular flexibility index (Phi) is 8.42. The predicted octanol–water partition coefficient (Wildman–Crippen LogP) is 5.15. The molecule has 46 heavy (non-hydrogen) atoms. The Labute approximate surface area is 267 Å². The number of rotatable bonds is 6.